The van der Waals surface area contributed by atoms with Crippen LogP contribution in [0.15, 0.2) is 28.2 Å². The molecule has 0 bridgehead atoms. The minimum absolute atomic E-state index is 0.162. The number of nitrogens with zero attached hydrogens (tertiary/aromatic N) is 1. The molecule has 0 aliphatic carbocycles. The van der Waals surface area contributed by atoms with E-state index >= 15 is 0 Å². The van der Waals surface area contributed by atoms with Gasteiger partial charge in [-0.15, -0.1) is 0 Å². The highest BCUT2D eigenvalue weighted by Gasteiger charge is 2.27. The number of hydrogen-bond acceptors (Lipinski definition) is 4. The average Bonchev–Trinajstić information content (AvgIpc) is 2.34. The van der Waals surface area contributed by atoms with Crippen LogP contribution in [-0.4, -0.2) is 44.5 Å². The van der Waals surface area contributed by atoms with Crippen molar-refractivity contribution in [1.82, 2.24) is 9.29 Å². The number of H-pyrrole nitrogens is 1. The molecule has 0 fully saturated rings. The van der Waals surface area contributed by atoms with E-state index in [2.05, 4.69) is 4.98 Å². The van der Waals surface area contributed by atoms with Crippen molar-refractivity contribution in [3.63, 3.8) is 0 Å². The van der Waals surface area contributed by atoms with Crippen molar-refractivity contribution < 1.29 is 13.2 Å². The third-order valence-electron chi connectivity index (χ3n) is 2.52. The fourth-order valence-electron chi connectivity index (χ4n) is 1.65. The molecule has 0 atom stereocenters. The van der Waals surface area contributed by atoms with Crippen LogP contribution in [0.25, 0.3) is 0 Å². The Morgan fingerprint density at radius 3 is 2.63 bits per heavy atom. The van der Waals surface area contributed by atoms with Crippen LogP contribution in [-0.2, 0) is 14.8 Å². The molecule has 0 aromatic carbocycles. The molecule has 1 aromatic heterocycles. The number of rotatable bonds is 7. The first kappa shape index (κ1) is 15.9. The molecular formula is C12H20N2O4S. The second-order valence-corrected chi connectivity index (χ2v) is 6.53. The van der Waals surface area contributed by atoms with Gasteiger partial charge in [0.1, 0.15) is 4.90 Å². The number of aromatic amines is 1. The molecule has 0 radical (unpaired) electrons. The largest absolute Gasteiger partial charge is 0.383 e. The Morgan fingerprint density at radius 2 is 2.11 bits per heavy atom. The lowest BCUT2D eigenvalue weighted by Crippen LogP contribution is -2.38. The van der Waals surface area contributed by atoms with Crippen molar-refractivity contribution in [2.24, 2.45) is 5.92 Å². The van der Waals surface area contributed by atoms with E-state index in [1.807, 2.05) is 13.8 Å². The Morgan fingerprint density at radius 1 is 1.42 bits per heavy atom. The van der Waals surface area contributed by atoms with Gasteiger partial charge < -0.3 is 9.72 Å². The number of hydrogen-bond donors (Lipinski definition) is 1. The zero-order valence-corrected chi connectivity index (χ0v) is 12.2. The number of methoxy groups -OCH3 is 1. The molecule has 1 rings (SSSR count). The number of sulfonamides is 1. The van der Waals surface area contributed by atoms with Gasteiger partial charge >= 0.3 is 0 Å². The molecule has 0 amide bonds. The van der Waals surface area contributed by atoms with Crippen LogP contribution in [0, 0.1) is 5.92 Å². The van der Waals surface area contributed by atoms with E-state index in [-0.39, 0.29) is 24.0 Å². The summed E-state index contributed by atoms with van der Waals surface area (Å²) in [5, 5.41) is 0. The predicted octanol–water partition coefficient (Wildman–Crippen LogP) is 0.668. The van der Waals surface area contributed by atoms with Gasteiger partial charge in [-0.25, -0.2) is 8.42 Å². The molecule has 0 spiro atoms. The SMILES string of the molecule is COCCN(CC(C)C)S(=O)(=O)c1c[nH]ccc1=O. The quantitative estimate of drug-likeness (QED) is 0.799. The molecule has 0 aliphatic heterocycles. The standard InChI is InChI=1S/C12H20N2O4S/c1-10(2)9-14(6-7-18-3)19(16,17)12-8-13-5-4-11(12)15/h4-5,8,10H,6-7,9H2,1-3H3,(H,13,15). The summed E-state index contributed by atoms with van der Waals surface area (Å²) in [5.41, 5.74) is -0.509. The van der Waals surface area contributed by atoms with Crippen molar-refractivity contribution >= 4 is 10.0 Å². The number of aromatic nitrogens is 1. The molecule has 1 heterocycles. The molecule has 0 saturated heterocycles. The Bertz CT molecular complexity index is 551. The Hall–Kier alpha value is -1.18. The smallest absolute Gasteiger partial charge is 0.248 e. The molecule has 0 unspecified atom stereocenters. The van der Waals surface area contributed by atoms with E-state index in [4.69, 9.17) is 4.74 Å². The number of pyridine rings is 1. The molecule has 19 heavy (non-hydrogen) atoms. The first-order valence-electron chi connectivity index (χ1n) is 6.05. The third kappa shape index (κ3) is 4.15. The van der Waals surface area contributed by atoms with Crippen LogP contribution >= 0.6 is 0 Å². The second kappa shape index (κ2) is 6.83. The minimum atomic E-state index is -3.79. The highest BCUT2D eigenvalue weighted by Crippen LogP contribution is 2.12. The normalized spacial score (nSPS) is 12.3. The van der Waals surface area contributed by atoms with E-state index in [0.717, 1.165) is 0 Å². The molecule has 7 heteroatoms. The summed E-state index contributed by atoms with van der Waals surface area (Å²) in [6.07, 6.45) is 2.63. The topological polar surface area (TPSA) is 79.5 Å². The van der Waals surface area contributed by atoms with Crippen LogP contribution in [0.1, 0.15) is 13.8 Å². The number of nitrogens with one attached hydrogen (secondary N) is 1. The fourth-order valence-corrected chi connectivity index (χ4v) is 3.28. The monoisotopic (exact) mass is 288 g/mol. The van der Waals surface area contributed by atoms with Crippen LogP contribution in [0.2, 0.25) is 0 Å². The molecule has 1 N–H and O–H groups in total. The second-order valence-electron chi connectivity index (χ2n) is 4.62. The summed E-state index contributed by atoms with van der Waals surface area (Å²) in [4.78, 5) is 14.1. The molecule has 0 saturated carbocycles. The lowest BCUT2D eigenvalue weighted by atomic mass is 10.2. The van der Waals surface area contributed by atoms with Gasteiger partial charge in [-0.05, 0) is 5.92 Å². The summed E-state index contributed by atoms with van der Waals surface area (Å²) in [6.45, 7) is 4.71. The maximum absolute atomic E-state index is 12.4. The van der Waals surface area contributed by atoms with Crippen LogP contribution in [0.5, 0.6) is 0 Å². The third-order valence-corrected chi connectivity index (χ3v) is 4.41. The van der Waals surface area contributed by atoms with Crippen LogP contribution in [0.3, 0.4) is 0 Å². The van der Waals surface area contributed by atoms with Gasteiger partial charge in [0.2, 0.25) is 15.5 Å². The van der Waals surface area contributed by atoms with Crippen molar-refractivity contribution in [2.75, 3.05) is 26.8 Å². The van der Waals surface area contributed by atoms with Crippen molar-refractivity contribution in [1.29, 1.82) is 0 Å². The molecule has 108 valence electrons. The molecule has 6 nitrogen and oxygen atoms in total. The summed E-state index contributed by atoms with van der Waals surface area (Å²) in [5.74, 6) is 0.162. The first-order chi connectivity index (χ1) is 8.89. The van der Waals surface area contributed by atoms with Crippen LogP contribution < -0.4 is 5.43 Å². The Kier molecular flexibility index (Phi) is 5.71. The minimum Gasteiger partial charge on any atom is -0.383 e. The molecular weight excluding hydrogens is 268 g/mol. The zero-order chi connectivity index (χ0) is 14.5. The van der Waals surface area contributed by atoms with Crippen molar-refractivity contribution in [2.45, 2.75) is 18.7 Å². The van der Waals surface area contributed by atoms with Gasteiger partial charge in [0, 0.05) is 38.7 Å². The van der Waals surface area contributed by atoms with Gasteiger partial charge in [0.25, 0.3) is 0 Å². The highest BCUT2D eigenvalue weighted by atomic mass is 32.2. The highest BCUT2D eigenvalue weighted by molar-refractivity contribution is 7.89. The maximum atomic E-state index is 12.4. The van der Waals surface area contributed by atoms with E-state index < -0.39 is 15.5 Å². The maximum Gasteiger partial charge on any atom is 0.248 e. The zero-order valence-electron chi connectivity index (χ0n) is 11.4. The summed E-state index contributed by atoms with van der Waals surface area (Å²) >= 11 is 0. The van der Waals surface area contributed by atoms with Gasteiger partial charge in [-0.3, -0.25) is 4.79 Å². The van der Waals surface area contributed by atoms with Gasteiger partial charge in [-0.1, -0.05) is 13.8 Å². The van der Waals surface area contributed by atoms with E-state index in [0.29, 0.717) is 6.54 Å². The predicted molar refractivity (Wildman–Crippen MR) is 72.5 cm³/mol. The summed E-state index contributed by atoms with van der Waals surface area (Å²) in [6, 6.07) is 1.21. The fraction of sp³-hybridized carbons (Fsp3) is 0.583. The van der Waals surface area contributed by atoms with Gasteiger partial charge in [0.15, 0.2) is 0 Å². The molecule has 1 aromatic rings. The van der Waals surface area contributed by atoms with Crippen LogP contribution in [0.4, 0.5) is 0 Å². The van der Waals surface area contributed by atoms with E-state index in [9.17, 15) is 13.2 Å². The Balaban J connectivity index is 3.12. The van der Waals surface area contributed by atoms with Gasteiger partial charge in [-0.2, -0.15) is 4.31 Å². The average molecular weight is 288 g/mol. The van der Waals surface area contributed by atoms with Gasteiger partial charge in [0.05, 0.1) is 6.61 Å². The lowest BCUT2D eigenvalue weighted by Gasteiger charge is -2.23. The number of ether oxygens (including phenoxy) is 1. The van der Waals surface area contributed by atoms with E-state index in [1.54, 1.807) is 0 Å². The molecule has 0 aliphatic rings. The lowest BCUT2D eigenvalue weighted by molar-refractivity contribution is 0.175. The van der Waals surface area contributed by atoms with Crippen molar-refractivity contribution in [3.8, 4) is 0 Å². The summed E-state index contributed by atoms with van der Waals surface area (Å²) in [7, 11) is -2.28. The van der Waals surface area contributed by atoms with Crippen molar-refractivity contribution in [3.05, 3.63) is 28.7 Å². The first-order valence-corrected chi connectivity index (χ1v) is 7.49. The van der Waals surface area contributed by atoms with E-state index in [1.165, 1.54) is 29.9 Å². The Labute approximate surface area is 113 Å². The summed E-state index contributed by atoms with van der Waals surface area (Å²) < 4.78 is 31.1.